The van der Waals surface area contributed by atoms with E-state index in [1.807, 2.05) is 6.07 Å². The summed E-state index contributed by atoms with van der Waals surface area (Å²) in [6, 6.07) is 7.93. The molecular weight excluding hydrogens is 290 g/mol. The molecule has 7 heteroatoms. The van der Waals surface area contributed by atoms with Crippen LogP contribution in [0.15, 0.2) is 30.3 Å². The van der Waals surface area contributed by atoms with Gasteiger partial charge in [0.05, 0.1) is 6.61 Å². The molecule has 0 spiro atoms. The van der Waals surface area contributed by atoms with Crippen molar-refractivity contribution >= 4 is 18.0 Å². The molecule has 0 bridgehead atoms. The summed E-state index contributed by atoms with van der Waals surface area (Å²) in [6.07, 6.45) is -1.32. The third-order valence-corrected chi connectivity index (χ3v) is 2.71. The zero-order chi connectivity index (χ0) is 16.4. The van der Waals surface area contributed by atoms with E-state index in [1.165, 1.54) is 0 Å². The van der Waals surface area contributed by atoms with Gasteiger partial charge in [0, 0.05) is 5.97 Å². The summed E-state index contributed by atoms with van der Waals surface area (Å²) in [6.45, 7) is 1.78. The molecular formula is C15H18NO6-. The first-order valence-corrected chi connectivity index (χ1v) is 6.86. The number of nitrogens with one attached hydrogen (secondary N) is 1. The number of hydrogen-bond donors (Lipinski definition) is 1. The van der Waals surface area contributed by atoms with Crippen LogP contribution in [0.3, 0.4) is 0 Å². The van der Waals surface area contributed by atoms with Crippen molar-refractivity contribution in [2.45, 2.75) is 32.4 Å². The standard InChI is InChI=1S/C15H19NO6/c1-2-21-14(19)12(8-9-13(17)18)16-15(20)22-10-11-6-4-3-5-7-11/h3-7,12H,2,8-10H2,1H3,(H,16,20)(H,17,18)/p-1/t12-/m1/s1. The fourth-order valence-electron chi connectivity index (χ4n) is 1.66. The average Bonchev–Trinajstić information content (AvgIpc) is 2.50. The molecule has 0 aromatic heterocycles. The Morgan fingerprint density at radius 1 is 1.18 bits per heavy atom. The monoisotopic (exact) mass is 308 g/mol. The summed E-state index contributed by atoms with van der Waals surface area (Å²) >= 11 is 0. The maximum atomic E-state index is 11.7. The Morgan fingerprint density at radius 3 is 2.45 bits per heavy atom. The molecule has 0 aliphatic carbocycles. The van der Waals surface area contributed by atoms with Crippen molar-refractivity contribution in [2.24, 2.45) is 0 Å². The summed E-state index contributed by atoms with van der Waals surface area (Å²) in [5, 5.41) is 12.8. The molecule has 0 heterocycles. The molecule has 1 N–H and O–H groups in total. The number of alkyl carbamates (subject to hydrolysis) is 1. The lowest BCUT2D eigenvalue weighted by molar-refractivity contribution is -0.305. The van der Waals surface area contributed by atoms with Gasteiger partial charge in [0.1, 0.15) is 12.6 Å². The maximum absolute atomic E-state index is 11.7. The van der Waals surface area contributed by atoms with Gasteiger partial charge in [-0.15, -0.1) is 0 Å². The number of ether oxygens (including phenoxy) is 2. The van der Waals surface area contributed by atoms with E-state index in [0.29, 0.717) is 0 Å². The van der Waals surface area contributed by atoms with Crippen molar-refractivity contribution in [2.75, 3.05) is 6.61 Å². The number of hydrogen-bond acceptors (Lipinski definition) is 6. The van der Waals surface area contributed by atoms with E-state index in [9.17, 15) is 19.5 Å². The van der Waals surface area contributed by atoms with Crippen molar-refractivity contribution in [3.63, 3.8) is 0 Å². The van der Waals surface area contributed by atoms with Crippen LogP contribution in [0.4, 0.5) is 4.79 Å². The molecule has 0 saturated carbocycles. The number of carboxylic acids is 1. The zero-order valence-corrected chi connectivity index (χ0v) is 12.2. The molecule has 22 heavy (non-hydrogen) atoms. The summed E-state index contributed by atoms with van der Waals surface area (Å²) in [7, 11) is 0. The van der Waals surface area contributed by atoms with Gasteiger partial charge in [-0.2, -0.15) is 0 Å². The fraction of sp³-hybridized carbons (Fsp3) is 0.400. The molecule has 7 nitrogen and oxygen atoms in total. The van der Waals surface area contributed by atoms with Gasteiger partial charge in [-0.05, 0) is 25.3 Å². The number of aliphatic carboxylic acids is 1. The minimum absolute atomic E-state index is 0.0444. The molecule has 0 aliphatic heterocycles. The van der Waals surface area contributed by atoms with Gasteiger partial charge in [-0.25, -0.2) is 9.59 Å². The van der Waals surface area contributed by atoms with E-state index < -0.39 is 24.1 Å². The third kappa shape index (κ3) is 6.74. The number of carbonyl (C=O) groups is 3. The van der Waals surface area contributed by atoms with Crippen LogP contribution in [0.25, 0.3) is 0 Å². The van der Waals surface area contributed by atoms with Crippen molar-refractivity contribution in [3.05, 3.63) is 35.9 Å². The molecule has 0 aliphatic rings. The van der Waals surface area contributed by atoms with E-state index >= 15 is 0 Å². The van der Waals surface area contributed by atoms with Gasteiger partial charge in [0.2, 0.25) is 0 Å². The second kappa shape index (κ2) is 9.38. The highest BCUT2D eigenvalue weighted by Crippen LogP contribution is 2.03. The van der Waals surface area contributed by atoms with E-state index in [-0.39, 0.29) is 26.1 Å². The zero-order valence-electron chi connectivity index (χ0n) is 12.2. The van der Waals surface area contributed by atoms with Gasteiger partial charge in [0.25, 0.3) is 0 Å². The number of amides is 1. The Hall–Kier alpha value is -2.57. The van der Waals surface area contributed by atoms with Crippen LogP contribution in [0.1, 0.15) is 25.3 Å². The Bertz CT molecular complexity index is 502. The normalized spacial score (nSPS) is 11.3. The Labute approximate surface area is 128 Å². The molecule has 1 amide bonds. The van der Waals surface area contributed by atoms with E-state index in [1.54, 1.807) is 31.2 Å². The average molecular weight is 308 g/mol. The van der Waals surface area contributed by atoms with Crippen molar-refractivity contribution in [1.29, 1.82) is 0 Å². The molecule has 0 unspecified atom stereocenters. The van der Waals surface area contributed by atoms with E-state index in [0.717, 1.165) is 5.56 Å². The van der Waals surface area contributed by atoms with Gasteiger partial charge in [0.15, 0.2) is 0 Å². The summed E-state index contributed by atoms with van der Waals surface area (Å²) < 4.78 is 9.75. The lowest BCUT2D eigenvalue weighted by atomic mass is 10.1. The summed E-state index contributed by atoms with van der Waals surface area (Å²) in [5.41, 5.74) is 0.792. The lowest BCUT2D eigenvalue weighted by Gasteiger charge is -2.17. The highest BCUT2D eigenvalue weighted by atomic mass is 16.6. The first kappa shape index (κ1) is 17.5. The minimum atomic E-state index is -1.31. The molecule has 1 rings (SSSR count). The lowest BCUT2D eigenvalue weighted by Crippen LogP contribution is -2.43. The second-order valence-corrected chi connectivity index (χ2v) is 4.42. The topological polar surface area (TPSA) is 105 Å². The third-order valence-electron chi connectivity index (χ3n) is 2.71. The van der Waals surface area contributed by atoms with Crippen molar-refractivity contribution in [1.82, 2.24) is 5.32 Å². The molecule has 1 aromatic carbocycles. The number of carboxylic acid groups (broad SMARTS) is 1. The van der Waals surface area contributed by atoms with Crippen molar-refractivity contribution < 1.29 is 29.0 Å². The molecule has 120 valence electrons. The molecule has 0 radical (unpaired) electrons. The highest BCUT2D eigenvalue weighted by Gasteiger charge is 2.22. The van der Waals surface area contributed by atoms with Crippen LogP contribution >= 0.6 is 0 Å². The molecule has 0 fully saturated rings. The summed E-state index contributed by atoms with van der Waals surface area (Å²) in [4.78, 5) is 33.8. The first-order valence-electron chi connectivity index (χ1n) is 6.86. The van der Waals surface area contributed by atoms with Crippen LogP contribution < -0.4 is 10.4 Å². The Kier molecular flexibility index (Phi) is 7.45. The predicted molar refractivity (Wildman–Crippen MR) is 74.4 cm³/mol. The SMILES string of the molecule is CCOC(=O)[C@@H](CCC(=O)[O-])NC(=O)OCc1ccccc1. The number of benzene rings is 1. The minimum Gasteiger partial charge on any atom is -0.550 e. The number of rotatable bonds is 8. The molecule has 1 aromatic rings. The van der Waals surface area contributed by atoms with Crippen LogP contribution in [0.5, 0.6) is 0 Å². The molecule has 1 atom stereocenters. The van der Waals surface area contributed by atoms with Gasteiger partial charge < -0.3 is 24.7 Å². The van der Waals surface area contributed by atoms with Gasteiger partial charge >= 0.3 is 12.1 Å². The van der Waals surface area contributed by atoms with E-state index in [2.05, 4.69) is 5.32 Å². The predicted octanol–water partition coefficient (Wildman–Crippen LogP) is 0.375. The number of carbonyl (C=O) groups excluding carboxylic acids is 3. The Balaban J connectivity index is 2.50. The number of esters is 1. The van der Waals surface area contributed by atoms with Crippen molar-refractivity contribution in [3.8, 4) is 0 Å². The van der Waals surface area contributed by atoms with Gasteiger partial charge in [-0.3, -0.25) is 0 Å². The maximum Gasteiger partial charge on any atom is 0.408 e. The quantitative estimate of drug-likeness (QED) is 0.696. The highest BCUT2D eigenvalue weighted by molar-refractivity contribution is 5.81. The van der Waals surface area contributed by atoms with Gasteiger partial charge in [-0.1, -0.05) is 30.3 Å². The second-order valence-electron chi connectivity index (χ2n) is 4.42. The fourth-order valence-corrected chi connectivity index (χ4v) is 1.66. The first-order chi connectivity index (χ1) is 10.5. The van der Waals surface area contributed by atoms with Crippen LogP contribution in [-0.2, 0) is 25.7 Å². The van der Waals surface area contributed by atoms with Crippen LogP contribution in [0.2, 0.25) is 0 Å². The smallest absolute Gasteiger partial charge is 0.408 e. The largest absolute Gasteiger partial charge is 0.550 e. The molecule has 0 saturated heterocycles. The van der Waals surface area contributed by atoms with Crippen LogP contribution in [-0.4, -0.2) is 30.7 Å². The van der Waals surface area contributed by atoms with E-state index in [4.69, 9.17) is 9.47 Å². The van der Waals surface area contributed by atoms with Crippen LogP contribution in [0, 0.1) is 0 Å². The Morgan fingerprint density at radius 2 is 1.86 bits per heavy atom. The summed E-state index contributed by atoms with van der Waals surface area (Å²) in [5.74, 6) is -2.02.